The van der Waals surface area contributed by atoms with E-state index in [0.717, 1.165) is 35.3 Å². The molecule has 0 aliphatic heterocycles. The normalized spacial score (nSPS) is 14.1. The number of hydrogen-bond acceptors (Lipinski definition) is 3. The van der Waals surface area contributed by atoms with Crippen molar-refractivity contribution in [1.29, 1.82) is 0 Å². The average molecular weight is 263 g/mol. The standard InChI is InChI=1S/C15H13N5/c1-2-4-11(3-1)8-20-9-12(7-19-20)14-13-5-6-16-15(13)18-10-17-14/h1-3,5-7,9-10H,4,8H2,(H,16,17,18). The summed E-state index contributed by atoms with van der Waals surface area (Å²) >= 11 is 0. The van der Waals surface area contributed by atoms with Crippen LogP contribution in [0.5, 0.6) is 0 Å². The van der Waals surface area contributed by atoms with Gasteiger partial charge in [-0.05, 0) is 18.1 Å². The number of rotatable bonds is 3. The zero-order valence-corrected chi connectivity index (χ0v) is 10.8. The summed E-state index contributed by atoms with van der Waals surface area (Å²) in [6.45, 7) is 0.828. The molecule has 0 amide bonds. The molecule has 0 saturated heterocycles. The number of allylic oxidation sites excluding steroid dienone is 4. The Morgan fingerprint density at radius 2 is 2.30 bits per heavy atom. The van der Waals surface area contributed by atoms with Crippen molar-refractivity contribution >= 4 is 11.0 Å². The zero-order valence-electron chi connectivity index (χ0n) is 10.8. The summed E-state index contributed by atoms with van der Waals surface area (Å²) in [6.07, 6.45) is 14.8. The van der Waals surface area contributed by atoms with Crippen molar-refractivity contribution in [1.82, 2.24) is 24.7 Å². The third kappa shape index (κ3) is 1.84. The van der Waals surface area contributed by atoms with Crippen LogP contribution in [0.4, 0.5) is 0 Å². The average Bonchev–Trinajstić information content (AvgIpc) is 3.19. The monoisotopic (exact) mass is 263 g/mol. The van der Waals surface area contributed by atoms with Gasteiger partial charge in [-0.15, -0.1) is 0 Å². The molecule has 3 aromatic heterocycles. The first-order valence-corrected chi connectivity index (χ1v) is 6.55. The van der Waals surface area contributed by atoms with Crippen molar-refractivity contribution in [2.45, 2.75) is 13.0 Å². The Morgan fingerprint density at radius 3 is 3.20 bits per heavy atom. The fourth-order valence-corrected chi connectivity index (χ4v) is 2.49. The maximum atomic E-state index is 4.42. The van der Waals surface area contributed by atoms with E-state index in [9.17, 15) is 0 Å². The number of aromatic nitrogens is 5. The van der Waals surface area contributed by atoms with Crippen LogP contribution >= 0.6 is 0 Å². The Hall–Kier alpha value is -2.69. The number of hydrogen-bond donors (Lipinski definition) is 1. The third-order valence-corrected chi connectivity index (χ3v) is 3.47. The highest BCUT2D eigenvalue weighted by molar-refractivity contribution is 5.89. The van der Waals surface area contributed by atoms with Crippen LogP contribution in [0, 0.1) is 0 Å². The molecule has 1 N–H and O–H groups in total. The van der Waals surface area contributed by atoms with E-state index in [1.54, 1.807) is 6.33 Å². The highest BCUT2D eigenvalue weighted by Crippen LogP contribution is 2.24. The lowest BCUT2D eigenvalue weighted by atomic mass is 10.2. The fourth-order valence-electron chi connectivity index (χ4n) is 2.49. The van der Waals surface area contributed by atoms with E-state index in [4.69, 9.17) is 0 Å². The highest BCUT2D eigenvalue weighted by atomic mass is 15.3. The molecule has 0 unspecified atom stereocenters. The van der Waals surface area contributed by atoms with Crippen LogP contribution in [0.2, 0.25) is 0 Å². The molecule has 0 bridgehead atoms. The Balaban J connectivity index is 1.69. The number of aromatic amines is 1. The first kappa shape index (κ1) is 11.2. The van der Waals surface area contributed by atoms with Crippen molar-refractivity contribution < 1.29 is 0 Å². The van der Waals surface area contributed by atoms with Crippen LogP contribution in [0.3, 0.4) is 0 Å². The van der Waals surface area contributed by atoms with E-state index in [1.807, 2.05) is 29.3 Å². The minimum Gasteiger partial charge on any atom is -0.346 e. The molecule has 98 valence electrons. The third-order valence-electron chi connectivity index (χ3n) is 3.47. The van der Waals surface area contributed by atoms with E-state index in [2.05, 4.69) is 38.3 Å². The molecule has 4 rings (SSSR count). The van der Waals surface area contributed by atoms with Gasteiger partial charge in [0.15, 0.2) is 0 Å². The van der Waals surface area contributed by atoms with Gasteiger partial charge in [0, 0.05) is 23.3 Å². The summed E-state index contributed by atoms with van der Waals surface area (Å²) in [7, 11) is 0. The van der Waals surface area contributed by atoms with Crippen LogP contribution in [0.25, 0.3) is 22.3 Å². The lowest BCUT2D eigenvalue weighted by Gasteiger charge is -2.01. The maximum absolute atomic E-state index is 4.42. The molecular formula is C15H13N5. The van der Waals surface area contributed by atoms with Crippen LogP contribution in [0.15, 0.2) is 54.8 Å². The lowest BCUT2D eigenvalue weighted by Crippen LogP contribution is -1.99. The molecule has 0 fully saturated rings. The summed E-state index contributed by atoms with van der Waals surface area (Å²) in [5, 5.41) is 5.45. The predicted octanol–water partition coefficient (Wildman–Crippen LogP) is 2.71. The van der Waals surface area contributed by atoms with Gasteiger partial charge < -0.3 is 4.98 Å². The Bertz CT molecular complexity index is 822. The largest absolute Gasteiger partial charge is 0.346 e. The zero-order chi connectivity index (χ0) is 13.4. The summed E-state index contributed by atoms with van der Waals surface area (Å²) in [5.41, 5.74) is 4.16. The SMILES string of the molecule is C1=CCC(Cn2cc(-c3ncnc4[nH]ccc34)cn2)=C1. The predicted molar refractivity (Wildman–Crippen MR) is 76.9 cm³/mol. The van der Waals surface area contributed by atoms with E-state index in [1.165, 1.54) is 5.57 Å². The minimum absolute atomic E-state index is 0.828. The smallest absolute Gasteiger partial charge is 0.141 e. The minimum atomic E-state index is 0.828. The van der Waals surface area contributed by atoms with Gasteiger partial charge >= 0.3 is 0 Å². The molecule has 1 aliphatic carbocycles. The molecule has 0 spiro atoms. The van der Waals surface area contributed by atoms with Crippen LogP contribution in [-0.4, -0.2) is 24.7 Å². The molecule has 1 aliphatic rings. The summed E-state index contributed by atoms with van der Waals surface area (Å²) in [4.78, 5) is 11.7. The van der Waals surface area contributed by atoms with Crippen LogP contribution in [0.1, 0.15) is 6.42 Å². The molecule has 0 aromatic carbocycles. The van der Waals surface area contributed by atoms with E-state index in [-0.39, 0.29) is 0 Å². The van der Waals surface area contributed by atoms with Gasteiger partial charge in [-0.25, -0.2) is 9.97 Å². The molecule has 0 atom stereocenters. The van der Waals surface area contributed by atoms with Crippen molar-refractivity contribution in [2.24, 2.45) is 0 Å². The Kier molecular flexibility index (Phi) is 2.48. The molecule has 0 saturated carbocycles. The number of nitrogens with zero attached hydrogens (tertiary/aromatic N) is 4. The molecule has 3 heterocycles. The van der Waals surface area contributed by atoms with Gasteiger partial charge in [0.1, 0.15) is 12.0 Å². The second kappa shape index (κ2) is 4.45. The summed E-state index contributed by atoms with van der Waals surface area (Å²) in [6, 6.07) is 1.99. The van der Waals surface area contributed by atoms with Gasteiger partial charge in [-0.1, -0.05) is 18.2 Å². The lowest BCUT2D eigenvalue weighted by molar-refractivity contribution is 0.671. The number of nitrogens with one attached hydrogen (secondary N) is 1. The quantitative estimate of drug-likeness (QED) is 0.790. The molecule has 0 radical (unpaired) electrons. The Labute approximate surface area is 115 Å². The highest BCUT2D eigenvalue weighted by Gasteiger charge is 2.10. The number of fused-ring (bicyclic) bond motifs is 1. The molecule has 5 heteroatoms. The maximum Gasteiger partial charge on any atom is 0.141 e. The van der Waals surface area contributed by atoms with Crippen LogP contribution < -0.4 is 0 Å². The second-order valence-electron chi connectivity index (χ2n) is 4.85. The number of H-pyrrole nitrogens is 1. The van der Waals surface area contributed by atoms with Gasteiger partial charge in [-0.3, -0.25) is 4.68 Å². The van der Waals surface area contributed by atoms with E-state index >= 15 is 0 Å². The Morgan fingerprint density at radius 1 is 1.30 bits per heavy atom. The molecule has 20 heavy (non-hydrogen) atoms. The van der Waals surface area contributed by atoms with Gasteiger partial charge in [0.05, 0.1) is 18.4 Å². The van der Waals surface area contributed by atoms with Gasteiger partial charge in [0.25, 0.3) is 0 Å². The fraction of sp³-hybridized carbons (Fsp3) is 0.133. The summed E-state index contributed by atoms with van der Waals surface area (Å²) in [5.74, 6) is 0. The molecule has 5 nitrogen and oxygen atoms in total. The summed E-state index contributed by atoms with van der Waals surface area (Å²) < 4.78 is 1.95. The van der Waals surface area contributed by atoms with E-state index in [0.29, 0.717) is 0 Å². The second-order valence-corrected chi connectivity index (χ2v) is 4.85. The van der Waals surface area contributed by atoms with Crippen molar-refractivity contribution in [2.75, 3.05) is 0 Å². The van der Waals surface area contributed by atoms with Crippen LogP contribution in [-0.2, 0) is 6.54 Å². The van der Waals surface area contributed by atoms with Gasteiger partial charge in [-0.2, -0.15) is 5.10 Å². The first-order chi connectivity index (χ1) is 9.90. The van der Waals surface area contributed by atoms with Crippen molar-refractivity contribution in [3.63, 3.8) is 0 Å². The topological polar surface area (TPSA) is 59.4 Å². The van der Waals surface area contributed by atoms with Gasteiger partial charge in [0.2, 0.25) is 0 Å². The van der Waals surface area contributed by atoms with Crippen molar-refractivity contribution in [3.05, 3.63) is 54.8 Å². The molecular weight excluding hydrogens is 250 g/mol. The molecule has 3 aromatic rings. The van der Waals surface area contributed by atoms with Crippen molar-refractivity contribution in [3.8, 4) is 11.3 Å². The first-order valence-electron chi connectivity index (χ1n) is 6.55. The van der Waals surface area contributed by atoms with E-state index < -0.39 is 0 Å².